The fourth-order valence-electron chi connectivity index (χ4n) is 3.04. The molecule has 1 aromatic heterocycles. The normalized spacial score (nSPS) is 16.2. The van der Waals surface area contributed by atoms with Crippen LogP contribution in [-0.4, -0.2) is 60.8 Å². The average molecular weight is 352 g/mol. The van der Waals surface area contributed by atoms with Crippen molar-refractivity contribution in [3.63, 3.8) is 0 Å². The fourth-order valence-corrected chi connectivity index (χ4v) is 3.04. The molecule has 24 heavy (non-hydrogen) atoms. The zero-order chi connectivity index (χ0) is 15.1. The van der Waals surface area contributed by atoms with E-state index in [1.807, 2.05) is 18.2 Å². The van der Waals surface area contributed by atoms with Crippen LogP contribution in [-0.2, 0) is 0 Å². The lowest BCUT2D eigenvalue weighted by Crippen LogP contribution is -2.45. The molecule has 0 radical (unpaired) electrons. The SMILES string of the molecule is CN1CCN(c2nncc3c2N(C)c2ccccc2O3)CC1.Cl.O. The molecule has 2 aromatic rings. The molecule has 2 N–H and O–H groups in total. The molecule has 1 fully saturated rings. The van der Waals surface area contributed by atoms with Crippen molar-refractivity contribution < 1.29 is 10.2 Å². The van der Waals surface area contributed by atoms with Gasteiger partial charge in [-0.15, -0.1) is 17.5 Å². The Balaban J connectivity index is 0.00000104. The van der Waals surface area contributed by atoms with Gasteiger partial charge in [0, 0.05) is 33.2 Å². The van der Waals surface area contributed by atoms with Crippen LogP contribution in [0.4, 0.5) is 17.2 Å². The van der Waals surface area contributed by atoms with E-state index in [1.165, 1.54) is 0 Å². The van der Waals surface area contributed by atoms with Gasteiger partial charge in [-0.1, -0.05) is 12.1 Å². The Kier molecular flexibility index (Phi) is 5.48. The number of benzene rings is 1. The minimum absolute atomic E-state index is 0. The van der Waals surface area contributed by atoms with Crippen LogP contribution in [0.2, 0.25) is 0 Å². The van der Waals surface area contributed by atoms with Gasteiger partial charge in [-0.05, 0) is 19.2 Å². The molecule has 0 bridgehead atoms. The van der Waals surface area contributed by atoms with Crippen molar-refractivity contribution in [2.75, 3.05) is 50.1 Å². The van der Waals surface area contributed by atoms with E-state index in [2.05, 4.69) is 45.1 Å². The summed E-state index contributed by atoms with van der Waals surface area (Å²) in [7, 11) is 4.20. The van der Waals surface area contributed by atoms with Crippen molar-refractivity contribution in [1.29, 1.82) is 0 Å². The topological polar surface area (TPSA) is 76.2 Å². The highest BCUT2D eigenvalue weighted by atomic mass is 35.5. The molecule has 0 unspecified atom stereocenters. The third kappa shape index (κ3) is 2.98. The molecule has 3 heterocycles. The molecular weight excluding hydrogens is 330 g/mol. The standard InChI is InChI=1S/C16H19N5O.ClH.H2O/c1-19-7-9-21(10-8-19)16-15-14(11-17-18-16)22-13-6-4-3-5-12(13)20(15)2;;/h3-6,11H,7-10H2,1-2H3;1H;1H2. The number of likely N-dealkylation sites (N-methyl/N-ethyl adjacent to an activating group) is 1. The lowest BCUT2D eigenvalue weighted by atomic mass is 10.2. The summed E-state index contributed by atoms with van der Waals surface area (Å²) in [5.41, 5.74) is 2.05. The van der Waals surface area contributed by atoms with Crippen LogP contribution in [0, 0.1) is 0 Å². The van der Waals surface area contributed by atoms with Crippen LogP contribution in [0.1, 0.15) is 0 Å². The van der Waals surface area contributed by atoms with E-state index in [0.717, 1.165) is 54.9 Å². The van der Waals surface area contributed by atoms with E-state index in [4.69, 9.17) is 4.74 Å². The Morgan fingerprint density at radius 2 is 1.71 bits per heavy atom. The molecule has 0 spiro atoms. The van der Waals surface area contributed by atoms with Crippen molar-refractivity contribution in [3.8, 4) is 11.5 Å². The van der Waals surface area contributed by atoms with E-state index in [-0.39, 0.29) is 17.9 Å². The first-order valence-electron chi connectivity index (χ1n) is 7.54. The number of hydrogen-bond acceptors (Lipinski definition) is 6. The Hall–Kier alpha value is -2.09. The minimum atomic E-state index is 0. The van der Waals surface area contributed by atoms with Gasteiger partial charge in [0.15, 0.2) is 17.3 Å². The lowest BCUT2D eigenvalue weighted by Gasteiger charge is -2.37. The molecule has 0 atom stereocenters. The minimum Gasteiger partial charge on any atom is -0.451 e. The number of aromatic nitrogens is 2. The molecule has 0 amide bonds. The molecule has 130 valence electrons. The number of piperazine rings is 1. The van der Waals surface area contributed by atoms with Gasteiger partial charge in [0.1, 0.15) is 5.69 Å². The van der Waals surface area contributed by atoms with Crippen molar-refractivity contribution in [3.05, 3.63) is 30.5 Å². The summed E-state index contributed by atoms with van der Waals surface area (Å²) < 4.78 is 6.02. The second-order valence-corrected chi connectivity index (χ2v) is 5.80. The lowest BCUT2D eigenvalue weighted by molar-refractivity contribution is 0.311. The summed E-state index contributed by atoms with van der Waals surface area (Å²) in [6.45, 7) is 3.98. The van der Waals surface area contributed by atoms with Crippen LogP contribution in [0.15, 0.2) is 30.5 Å². The zero-order valence-electron chi connectivity index (χ0n) is 13.8. The van der Waals surface area contributed by atoms with E-state index in [9.17, 15) is 0 Å². The highest BCUT2D eigenvalue weighted by Gasteiger charge is 2.29. The maximum Gasteiger partial charge on any atom is 0.179 e. The van der Waals surface area contributed by atoms with E-state index in [1.54, 1.807) is 6.20 Å². The van der Waals surface area contributed by atoms with Crippen LogP contribution in [0.25, 0.3) is 0 Å². The summed E-state index contributed by atoms with van der Waals surface area (Å²) in [6.07, 6.45) is 1.70. The summed E-state index contributed by atoms with van der Waals surface area (Å²) >= 11 is 0. The molecule has 2 aliphatic rings. The molecule has 2 aliphatic heterocycles. The van der Waals surface area contributed by atoms with Gasteiger partial charge in [-0.25, -0.2) is 0 Å². The second-order valence-electron chi connectivity index (χ2n) is 5.80. The molecule has 0 aliphatic carbocycles. The third-order valence-electron chi connectivity index (χ3n) is 4.36. The van der Waals surface area contributed by atoms with Gasteiger partial charge in [0.2, 0.25) is 0 Å². The van der Waals surface area contributed by atoms with Gasteiger partial charge >= 0.3 is 0 Å². The number of ether oxygens (including phenoxy) is 1. The first kappa shape index (κ1) is 18.3. The van der Waals surface area contributed by atoms with E-state index in [0.29, 0.717) is 0 Å². The van der Waals surface area contributed by atoms with Crippen molar-refractivity contribution in [2.24, 2.45) is 0 Å². The van der Waals surface area contributed by atoms with Gasteiger partial charge in [0.05, 0.1) is 11.9 Å². The van der Waals surface area contributed by atoms with Gasteiger partial charge < -0.3 is 24.9 Å². The van der Waals surface area contributed by atoms with Crippen LogP contribution in [0.5, 0.6) is 11.5 Å². The number of halogens is 1. The van der Waals surface area contributed by atoms with Gasteiger partial charge in [-0.2, -0.15) is 5.10 Å². The van der Waals surface area contributed by atoms with Crippen molar-refractivity contribution in [1.82, 2.24) is 15.1 Å². The maximum absolute atomic E-state index is 6.02. The van der Waals surface area contributed by atoms with Crippen LogP contribution >= 0.6 is 12.4 Å². The highest BCUT2D eigenvalue weighted by molar-refractivity contribution is 5.85. The molecule has 7 nitrogen and oxygen atoms in total. The molecule has 0 saturated carbocycles. The molecule has 4 rings (SSSR count). The zero-order valence-corrected chi connectivity index (χ0v) is 14.6. The molecule has 8 heteroatoms. The smallest absolute Gasteiger partial charge is 0.179 e. The van der Waals surface area contributed by atoms with Crippen LogP contribution < -0.4 is 14.5 Å². The predicted octanol–water partition coefficient (Wildman–Crippen LogP) is 1.70. The van der Waals surface area contributed by atoms with E-state index >= 15 is 0 Å². The maximum atomic E-state index is 6.02. The predicted molar refractivity (Wildman–Crippen MR) is 97.2 cm³/mol. The van der Waals surface area contributed by atoms with Crippen molar-refractivity contribution >= 4 is 29.6 Å². The summed E-state index contributed by atoms with van der Waals surface area (Å²) in [4.78, 5) is 6.77. The monoisotopic (exact) mass is 351 g/mol. The van der Waals surface area contributed by atoms with Gasteiger partial charge in [0.25, 0.3) is 0 Å². The summed E-state index contributed by atoms with van der Waals surface area (Å²) in [5.74, 6) is 2.53. The summed E-state index contributed by atoms with van der Waals surface area (Å²) in [6, 6.07) is 8.04. The van der Waals surface area contributed by atoms with Crippen molar-refractivity contribution in [2.45, 2.75) is 0 Å². The Morgan fingerprint density at radius 1 is 1.00 bits per heavy atom. The first-order valence-corrected chi connectivity index (χ1v) is 7.54. The number of rotatable bonds is 1. The van der Waals surface area contributed by atoms with Crippen LogP contribution in [0.3, 0.4) is 0 Å². The summed E-state index contributed by atoms with van der Waals surface area (Å²) in [5, 5.41) is 8.54. The molecule has 1 saturated heterocycles. The molecular formula is C16H22ClN5O2. The second kappa shape index (κ2) is 7.21. The quantitative estimate of drug-likeness (QED) is 0.778. The number of hydrogen-bond donors (Lipinski definition) is 0. The average Bonchev–Trinajstić information content (AvgIpc) is 2.55. The first-order chi connectivity index (χ1) is 10.7. The fraction of sp³-hybridized carbons (Fsp3) is 0.375. The number of anilines is 3. The third-order valence-corrected chi connectivity index (χ3v) is 4.36. The number of nitrogens with zero attached hydrogens (tertiary/aromatic N) is 5. The Bertz CT molecular complexity index is 707. The van der Waals surface area contributed by atoms with E-state index < -0.39 is 0 Å². The number of fused-ring (bicyclic) bond motifs is 2. The molecule has 1 aromatic carbocycles. The number of para-hydroxylation sites is 2. The largest absolute Gasteiger partial charge is 0.451 e. The highest BCUT2D eigenvalue weighted by Crippen LogP contribution is 2.48. The Labute approximate surface area is 147 Å². The van der Waals surface area contributed by atoms with Gasteiger partial charge in [-0.3, -0.25) is 0 Å². The Morgan fingerprint density at radius 3 is 2.46 bits per heavy atom.